The molecule has 0 aliphatic heterocycles. The molecule has 2 N–H and O–H groups in total. The van der Waals surface area contributed by atoms with Crippen molar-refractivity contribution in [1.82, 2.24) is 5.16 Å². The number of nitrogens with zero attached hydrogens (tertiary/aromatic N) is 1. The third-order valence-electron chi connectivity index (χ3n) is 2.64. The molecule has 17 heavy (non-hydrogen) atoms. The summed E-state index contributed by atoms with van der Waals surface area (Å²) in [5, 5.41) is 4.33. The molecule has 0 saturated carbocycles. The van der Waals surface area contributed by atoms with Gasteiger partial charge >= 0.3 is 0 Å². The summed E-state index contributed by atoms with van der Waals surface area (Å²) in [5.74, 6) is 1.62. The lowest BCUT2D eigenvalue weighted by atomic mass is 10.0. The highest BCUT2D eigenvalue weighted by atomic mass is 35.5. The lowest BCUT2D eigenvalue weighted by molar-refractivity contribution is 0.404. The normalized spacial score (nSPS) is 10.6. The van der Waals surface area contributed by atoms with Crippen LogP contribution in [0.1, 0.15) is 11.1 Å². The molecule has 2 aromatic rings. The lowest BCUT2D eigenvalue weighted by Crippen LogP contribution is -1.94. The van der Waals surface area contributed by atoms with Crippen LogP contribution < -0.4 is 10.5 Å². The highest BCUT2D eigenvalue weighted by Crippen LogP contribution is 2.39. The van der Waals surface area contributed by atoms with Crippen LogP contribution in [0.15, 0.2) is 16.7 Å². The molecule has 0 fully saturated rings. The Morgan fingerprint density at radius 2 is 2.06 bits per heavy atom. The molecule has 0 saturated heterocycles. The number of nitrogen functional groups attached to an aromatic ring is 1. The molecule has 2 rings (SSSR count). The van der Waals surface area contributed by atoms with Crippen molar-refractivity contribution in [3.05, 3.63) is 28.3 Å². The van der Waals surface area contributed by atoms with Gasteiger partial charge in [0.1, 0.15) is 5.75 Å². The van der Waals surface area contributed by atoms with E-state index < -0.39 is 0 Å². The molecular weight excluding hydrogens is 240 g/mol. The Kier molecular flexibility index (Phi) is 2.98. The Labute approximate surface area is 104 Å². The Balaban J connectivity index is 2.74. The summed E-state index contributed by atoms with van der Waals surface area (Å²) in [6, 6.07) is 3.51. The predicted octanol–water partition coefficient (Wildman–Crippen LogP) is 3.20. The molecule has 0 amide bonds. The number of aromatic nitrogens is 1. The minimum atomic E-state index is 0.332. The number of aryl methyl sites for hydroxylation is 1. The van der Waals surface area contributed by atoms with E-state index in [-0.39, 0.29) is 0 Å². The van der Waals surface area contributed by atoms with Gasteiger partial charge in [-0.3, -0.25) is 0 Å². The number of methoxy groups -OCH3 is 1. The largest absolute Gasteiger partial charge is 0.496 e. The van der Waals surface area contributed by atoms with E-state index in [1.54, 1.807) is 13.2 Å². The van der Waals surface area contributed by atoms with Gasteiger partial charge in [0.05, 0.1) is 12.7 Å². The summed E-state index contributed by atoms with van der Waals surface area (Å²) in [5.41, 5.74) is 8.17. The Morgan fingerprint density at radius 1 is 1.35 bits per heavy atom. The second-order valence-electron chi connectivity index (χ2n) is 3.82. The number of hydrogen-bond donors (Lipinski definition) is 1. The van der Waals surface area contributed by atoms with Gasteiger partial charge in [-0.2, -0.15) is 0 Å². The van der Waals surface area contributed by atoms with E-state index in [2.05, 4.69) is 5.16 Å². The average Bonchev–Trinajstić information content (AvgIpc) is 2.69. The van der Waals surface area contributed by atoms with Crippen LogP contribution in [0, 0.1) is 13.8 Å². The maximum atomic E-state index is 6.16. The quantitative estimate of drug-likeness (QED) is 0.892. The number of ether oxygens (including phenoxy) is 1. The standard InChI is InChI=1S/C12H13ClN2O2/c1-6-4-8(13)7(2)11(12(6)16-3)9-5-10(14)15-17-9/h4-5H,1-3H3,(H2,14,15). The molecule has 0 spiro atoms. The summed E-state index contributed by atoms with van der Waals surface area (Å²) in [6.45, 7) is 3.83. The molecule has 0 bridgehead atoms. The Bertz CT molecular complexity index is 564. The number of anilines is 1. The van der Waals surface area contributed by atoms with Gasteiger partial charge in [-0.25, -0.2) is 0 Å². The molecule has 0 aliphatic rings. The molecule has 1 aromatic heterocycles. The predicted molar refractivity (Wildman–Crippen MR) is 67.4 cm³/mol. The summed E-state index contributed by atoms with van der Waals surface area (Å²) in [6.07, 6.45) is 0. The van der Waals surface area contributed by atoms with Gasteiger partial charge in [0.25, 0.3) is 0 Å². The highest BCUT2D eigenvalue weighted by Gasteiger charge is 2.18. The average molecular weight is 253 g/mol. The minimum Gasteiger partial charge on any atom is -0.496 e. The van der Waals surface area contributed by atoms with Crippen molar-refractivity contribution < 1.29 is 9.26 Å². The van der Waals surface area contributed by atoms with E-state index in [1.165, 1.54) is 0 Å². The smallest absolute Gasteiger partial charge is 0.173 e. The third kappa shape index (κ3) is 1.96. The van der Waals surface area contributed by atoms with Crippen LogP contribution in [0.2, 0.25) is 5.02 Å². The fraction of sp³-hybridized carbons (Fsp3) is 0.250. The summed E-state index contributed by atoms with van der Waals surface area (Å²) in [4.78, 5) is 0. The van der Waals surface area contributed by atoms with Crippen LogP contribution in [-0.2, 0) is 0 Å². The van der Waals surface area contributed by atoms with E-state index in [0.717, 1.165) is 22.4 Å². The molecule has 1 aromatic carbocycles. The Hall–Kier alpha value is -1.68. The monoisotopic (exact) mass is 252 g/mol. The molecule has 0 aliphatic carbocycles. The molecule has 4 nitrogen and oxygen atoms in total. The highest BCUT2D eigenvalue weighted by molar-refractivity contribution is 6.32. The zero-order chi connectivity index (χ0) is 12.6. The van der Waals surface area contributed by atoms with Gasteiger partial charge in [0, 0.05) is 11.1 Å². The zero-order valence-corrected chi connectivity index (χ0v) is 10.6. The second kappa shape index (κ2) is 4.30. The minimum absolute atomic E-state index is 0.332. The topological polar surface area (TPSA) is 61.3 Å². The summed E-state index contributed by atoms with van der Waals surface area (Å²) < 4.78 is 10.6. The number of halogens is 1. The molecule has 0 radical (unpaired) electrons. The molecule has 1 heterocycles. The van der Waals surface area contributed by atoms with Crippen LogP contribution >= 0.6 is 11.6 Å². The third-order valence-corrected chi connectivity index (χ3v) is 3.03. The summed E-state index contributed by atoms with van der Waals surface area (Å²) >= 11 is 6.16. The van der Waals surface area contributed by atoms with Crippen LogP contribution in [0.25, 0.3) is 11.3 Å². The van der Waals surface area contributed by atoms with Crippen molar-refractivity contribution >= 4 is 17.4 Å². The molecule has 0 unspecified atom stereocenters. The molecule has 5 heteroatoms. The van der Waals surface area contributed by atoms with Gasteiger partial charge in [-0.15, -0.1) is 0 Å². The van der Waals surface area contributed by atoms with Crippen LogP contribution in [-0.4, -0.2) is 12.3 Å². The molecular formula is C12H13ClN2O2. The van der Waals surface area contributed by atoms with E-state index in [9.17, 15) is 0 Å². The number of hydrogen-bond acceptors (Lipinski definition) is 4. The van der Waals surface area contributed by atoms with Gasteiger partial charge in [-0.05, 0) is 31.0 Å². The maximum absolute atomic E-state index is 6.16. The van der Waals surface area contributed by atoms with Crippen LogP contribution in [0.5, 0.6) is 5.75 Å². The first-order valence-electron chi connectivity index (χ1n) is 5.11. The van der Waals surface area contributed by atoms with Crippen LogP contribution in [0.4, 0.5) is 5.82 Å². The van der Waals surface area contributed by atoms with Crippen molar-refractivity contribution in [2.24, 2.45) is 0 Å². The van der Waals surface area contributed by atoms with Gasteiger partial charge in [0.15, 0.2) is 11.6 Å². The van der Waals surface area contributed by atoms with E-state index in [4.69, 9.17) is 26.6 Å². The molecule has 0 atom stereocenters. The van der Waals surface area contributed by atoms with E-state index in [0.29, 0.717) is 16.6 Å². The second-order valence-corrected chi connectivity index (χ2v) is 4.23. The van der Waals surface area contributed by atoms with Crippen molar-refractivity contribution in [1.29, 1.82) is 0 Å². The lowest BCUT2D eigenvalue weighted by Gasteiger charge is -2.13. The number of rotatable bonds is 2. The van der Waals surface area contributed by atoms with Crippen LogP contribution in [0.3, 0.4) is 0 Å². The fourth-order valence-corrected chi connectivity index (χ4v) is 2.08. The summed E-state index contributed by atoms with van der Waals surface area (Å²) in [7, 11) is 1.61. The zero-order valence-electron chi connectivity index (χ0n) is 9.87. The van der Waals surface area contributed by atoms with E-state index >= 15 is 0 Å². The van der Waals surface area contributed by atoms with Crippen molar-refractivity contribution in [2.45, 2.75) is 13.8 Å². The number of benzene rings is 1. The maximum Gasteiger partial charge on any atom is 0.173 e. The Morgan fingerprint density at radius 3 is 2.59 bits per heavy atom. The first-order valence-corrected chi connectivity index (χ1v) is 5.48. The SMILES string of the molecule is COc1c(C)cc(Cl)c(C)c1-c1cc(N)no1. The van der Waals surface area contributed by atoms with Gasteiger partial charge < -0.3 is 15.0 Å². The van der Waals surface area contributed by atoms with Gasteiger partial charge in [0.2, 0.25) is 0 Å². The van der Waals surface area contributed by atoms with Crippen molar-refractivity contribution in [3.8, 4) is 17.1 Å². The van der Waals surface area contributed by atoms with Crippen molar-refractivity contribution in [3.63, 3.8) is 0 Å². The first-order chi connectivity index (χ1) is 8.04. The van der Waals surface area contributed by atoms with Crippen molar-refractivity contribution in [2.75, 3.05) is 12.8 Å². The molecule has 90 valence electrons. The van der Waals surface area contributed by atoms with Gasteiger partial charge in [-0.1, -0.05) is 16.8 Å². The first kappa shape index (κ1) is 11.8. The fourth-order valence-electron chi connectivity index (χ4n) is 1.82. The van der Waals surface area contributed by atoms with E-state index in [1.807, 2.05) is 19.9 Å². The number of nitrogens with two attached hydrogens (primary N) is 1.